The van der Waals surface area contributed by atoms with Crippen LogP contribution < -0.4 is 0 Å². The van der Waals surface area contributed by atoms with Crippen molar-refractivity contribution in [3.05, 3.63) is 35.9 Å². The molecule has 122 valence electrons. The Morgan fingerprint density at radius 1 is 1.13 bits per heavy atom. The Kier molecular flexibility index (Phi) is 4.60. The minimum absolute atomic E-state index is 0.127. The van der Waals surface area contributed by atoms with Crippen molar-refractivity contribution in [2.75, 3.05) is 19.7 Å². The summed E-state index contributed by atoms with van der Waals surface area (Å²) < 4.78 is 4.75. The van der Waals surface area contributed by atoms with Crippen LogP contribution in [0.3, 0.4) is 0 Å². The number of nitrogens with zero attached hydrogens (tertiary/aromatic N) is 2. The molecule has 0 unspecified atom stereocenters. The van der Waals surface area contributed by atoms with Crippen LogP contribution in [0.2, 0.25) is 0 Å². The summed E-state index contributed by atoms with van der Waals surface area (Å²) in [6.45, 7) is 1.000. The fourth-order valence-electron chi connectivity index (χ4n) is 3.14. The van der Waals surface area contributed by atoms with Crippen molar-refractivity contribution in [1.29, 1.82) is 0 Å². The molecule has 3 rings (SSSR count). The van der Waals surface area contributed by atoms with Crippen molar-refractivity contribution in [2.45, 2.75) is 31.7 Å². The van der Waals surface area contributed by atoms with Crippen molar-refractivity contribution in [2.24, 2.45) is 0 Å². The molecule has 1 aromatic rings. The van der Waals surface area contributed by atoms with Gasteiger partial charge < -0.3 is 9.64 Å². The number of hydrogen-bond acceptors (Lipinski definition) is 4. The van der Waals surface area contributed by atoms with Gasteiger partial charge in [-0.2, -0.15) is 0 Å². The molecule has 0 aromatic heterocycles. The van der Waals surface area contributed by atoms with Crippen molar-refractivity contribution in [3.8, 4) is 0 Å². The van der Waals surface area contributed by atoms with Gasteiger partial charge in [-0.15, -0.1) is 0 Å². The highest BCUT2D eigenvalue weighted by molar-refractivity contribution is 5.98. The topological polar surface area (TPSA) is 66.9 Å². The van der Waals surface area contributed by atoms with Crippen LogP contribution in [0.1, 0.15) is 24.8 Å². The average molecular weight is 316 g/mol. The van der Waals surface area contributed by atoms with E-state index in [2.05, 4.69) is 0 Å². The second kappa shape index (κ2) is 6.81. The Morgan fingerprint density at radius 2 is 1.83 bits per heavy atom. The Morgan fingerprint density at radius 3 is 2.43 bits per heavy atom. The first-order valence-electron chi connectivity index (χ1n) is 7.95. The van der Waals surface area contributed by atoms with Crippen LogP contribution in [0.4, 0.5) is 4.79 Å². The summed E-state index contributed by atoms with van der Waals surface area (Å²) in [4.78, 5) is 38.5. The largest absolute Gasteiger partial charge is 0.439 e. The van der Waals surface area contributed by atoms with Gasteiger partial charge in [0.2, 0.25) is 5.91 Å². The van der Waals surface area contributed by atoms with Gasteiger partial charge in [-0.25, -0.2) is 9.69 Å². The molecule has 2 heterocycles. The standard InChI is InChI=1S/C17H20N2O4/c20-15(7-6-13-4-2-1-3-5-13)18-10-8-14(9-11-18)19-16(21)12-23-17(19)22/h1-5,14H,6-12H2. The third-order valence-electron chi connectivity index (χ3n) is 4.44. The summed E-state index contributed by atoms with van der Waals surface area (Å²) in [6, 6.07) is 9.79. The van der Waals surface area contributed by atoms with E-state index in [9.17, 15) is 14.4 Å². The number of ether oxygens (including phenoxy) is 1. The number of piperidine rings is 1. The van der Waals surface area contributed by atoms with E-state index >= 15 is 0 Å². The zero-order valence-corrected chi connectivity index (χ0v) is 12.9. The lowest BCUT2D eigenvalue weighted by Crippen LogP contribution is -2.48. The number of hydrogen-bond donors (Lipinski definition) is 0. The summed E-state index contributed by atoms with van der Waals surface area (Å²) in [5.74, 6) is -0.147. The van der Waals surface area contributed by atoms with Crippen LogP contribution in [0.5, 0.6) is 0 Å². The first-order valence-corrected chi connectivity index (χ1v) is 7.95. The fourth-order valence-corrected chi connectivity index (χ4v) is 3.14. The molecule has 0 radical (unpaired) electrons. The number of carbonyl (C=O) groups is 3. The van der Waals surface area contributed by atoms with Gasteiger partial charge in [0.05, 0.1) is 0 Å². The number of likely N-dealkylation sites (tertiary alicyclic amines) is 1. The van der Waals surface area contributed by atoms with Crippen LogP contribution in [0.25, 0.3) is 0 Å². The van der Waals surface area contributed by atoms with E-state index in [1.165, 1.54) is 4.90 Å². The van der Waals surface area contributed by atoms with Crippen LogP contribution in [-0.2, 0) is 20.7 Å². The summed E-state index contributed by atoms with van der Waals surface area (Å²) in [7, 11) is 0. The number of cyclic esters (lactones) is 1. The smallest absolute Gasteiger partial charge is 0.417 e. The van der Waals surface area contributed by atoms with E-state index in [1.54, 1.807) is 0 Å². The summed E-state index contributed by atoms with van der Waals surface area (Å²) >= 11 is 0. The first kappa shape index (κ1) is 15.5. The zero-order chi connectivity index (χ0) is 16.2. The molecule has 0 atom stereocenters. The van der Waals surface area contributed by atoms with Gasteiger partial charge in [-0.05, 0) is 24.8 Å². The molecule has 2 fully saturated rings. The van der Waals surface area contributed by atoms with E-state index in [0.717, 1.165) is 12.0 Å². The van der Waals surface area contributed by atoms with Gasteiger partial charge in [-0.3, -0.25) is 9.59 Å². The highest BCUT2D eigenvalue weighted by Gasteiger charge is 2.38. The molecule has 0 saturated carbocycles. The molecule has 0 aliphatic carbocycles. The Hall–Kier alpha value is -2.37. The van der Waals surface area contributed by atoms with E-state index in [4.69, 9.17) is 4.74 Å². The number of rotatable bonds is 4. The average Bonchev–Trinajstić information content (AvgIpc) is 2.92. The molecule has 2 saturated heterocycles. The second-order valence-corrected chi connectivity index (χ2v) is 5.92. The van der Waals surface area contributed by atoms with Crippen LogP contribution in [0.15, 0.2) is 30.3 Å². The van der Waals surface area contributed by atoms with Crippen LogP contribution in [-0.4, -0.2) is 53.4 Å². The highest BCUT2D eigenvalue weighted by Crippen LogP contribution is 2.21. The zero-order valence-electron chi connectivity index (χ0n) is 12.9. The van der Waals surface area contributed by atoms with Gasteiger partial charge >= 0.3 is 6.09 Å². The lowest BCUT2D eigenvalue weighted by molar-refractivity contribution is -0.133. The predicted octanol–water partition coefficient (Wildman–Crippen LogP) is 1.59. The third kappa shape index (κ3) is 3.52. The van der Waals surface area contributed by atoms with Crippen molar-refractivity contribution in [1.82, 2.24) is 9.80 Å². The lowest BCUT2D eigenvalue weighted by Gasteiger charge is -2.34. The lowest BCUT2D eigenvalue weighted by atomic mass is 10.0. The molecule has 23 heavy (non-hydrogen) atoms. The van der Waals surface area contributed by atoms with Gasteiger partial charge in [0.25, 0.3) is 5.91 Å². The fraction of sp³-hybridized carbons (Fsp3) is 0.471. The number of benzene rings is 1. The van der Waals surface area contributed by atoms with Crippen molar-refractivity contribution < 1.29 is 19.1 Å². The quantitative estimate of drug-likeness (QED) is 0.846. The van der Waals surface area contributed by atoms with E-state index in [1.807, 2.05) is 35.2 Å². The van der Waals surface area contributed by atoms with Gasteiger partial charge in [0, 0.05) is 25.6 Å². The molecule has 6 nitrogen and oxygen atoms in total. The Labute approximate surface area is 135 Å². The summed E-state index contributed by atoms with van der Waals surface area (Å²) in [5, 5.41) is 0. The van der Waals surface area contributed by atoms with Crippen LogP contribution >= 0.6 is 0 Å². The van der Waals surface area contributed by atoms with E-state index < -0.39 is 6.09 Å². The second-order valence-electron chi connectivity index (χ2n) is 5.92. The van der Waals surface area contributed by atoms with Gasteiger partial charge in [-0.1, -0.05) is 30.3 Å². The molecule has 2 aliphatic rings. The minimum Gasteiger partial charge on any atom is -0.439 e. The molecular weight excluding hydrogens is 296 g/mol. The molecule has 2 aliphatic heterocycles. The number of aryl methyl sites for hydroxylation is 1. The highest BCUT2D eigenvalue weighted by atomic mass is 16.6. The monoisotopic (exact) mass is 316 g/mol. The van der Waals surface area contributed by atoms with Crippen LogP contribution in [0, 0.1) is 0 Å². The number of imide groups is 1. The van der Waals surface area contributed by atoms with Crippen molar-refractivity contribution in [3.63, 3.8) is 0 Å². The SMILES string of the molecule is O=C(CCc1ccccc1)N1CCC(N2C(=O)COC2=O)CC1. The molecule has 6 heteroatoms. The third-order valence-corrected chi connectivity index (χ3v) is 4.44. The molecular formula is C17H20N2O4. The maximum Gasteiger partial charge on any atom is 0.417 e. The summed E-state index contributed by atoms with van der Waals surface area (Å²) in [5.41, 5.74) is 1.15. The Balaban J connectivity index is 1.48. The number of amides is 3. The first-order chi connectivity index (χ1) is 11.1. The molecule has 0 spiro atoms. The van der Waals surface area contributed by atoms with Gasteiger partial charge in [0.1, 0.15) is 0 Å². The Bertz CT molecular complexity index is 578. The molecule has 3 amide bonds. The maximum atomic E-state index is 12.3. The van der Waals surface area contributed by atoms with E-state index in [-0.39, 0.29) is 24.5 Å². The van der Waals surface area contributed by atoms with Crippen molar-refractivity contribution >= 4 is 17.9 Å². The minimum atomic E-state index is -0.552. The predicted molar refractivity (Wildman–Crippen MR) is 82.6 cm³/mol. The molecule has 0 bridgehead atoms. The maximum absolute atomic E-state index is 12.3. The normalized spacial score (nSPS) is 19.1. The molecule has 1 aromatic carbocycles. The number of carbonyl (C=O) groups excluding carboxylic acids is 3. The van der Waals surface area contributed by atoms with E-state index in [0.29, 0.717) is 32.4 Å². The molecule has 0 N–H and O–H groups in total. The van der Waals surface area contributed by atoms with Gasteiger partial charge in [0.15, 0.2) is 6.61 Å². The summed E-state index contributed by atoms with van der Waals surface area (Å²) in [6.07, 6.45) is 1.91.